The van der Waals surface area contributed by atoms with E-state index < -0.39 is 0 Å². The van der Waals surface area contributed by atoms with Gasteiger partial charge in [0.2, 0.25) is 0 Å². The highest BCUT2D eigenvalue weighted by Gasteiger charge is 2.29. The number of anilines is 1. The highest BCUT2D eigenvalue weighted by molar-refractivity contribution is 5.93. The number of aryl methyl sites for hydroxylation is 1. The van der Waals surface area contributed by atoms with E-state index in [0.717, 1.165) is 18.6 Å². The van der Waals surface area contributed by atoms with Crippen molar-refractivity contribution in [2.45, 2.75) is 19.9 Å². The molecule has 1 fully saturated rings. The normalized spacial score (nSPS) is 17.9. The van der Waals surface area contributed by atoms with Crippen LogP contribution in [0.1, 0.15) is 23.0 Å². The zero-order valence-electron chi connectivity index (χ0n) is 14.6. The van der Waals surface area contributed by atoms with Crippen molar-refractivity contribution in [1.82, 2.24) is 14.5 Å². The smallest absolute Gasteiger partial charge is 0.272 e. The van der Waals surface area contributed by atoms with Gasteiger partial charge in [-0.2, -0.15) is 5.10 Å². The van der Waals surface area contributed by atoms with Gasteiger partial charge < -0.3 is 9.80 Å². The van der Waals surface area contributed by atoms with E-state index in [-0.39, 0.29) is 11.9 Å². The molecule has 1 aliphatic rings. The Morgan fingerprint density at radius 3 is 2.72 bits per heavy atom. The second kappa shape index (κ2) is 6.24. The van der Waals surface area contributed by atoms with Gasteiger partial charge in [0.05, 0.1) is 11.7 Å². The van der Waals surface area contributed by atoms with Crippen LogP contribution in [-0.4, -0.2) is 46.1 Å². The lowest BCUT2D eigenvalue weighted by Crippen LogP contribution is -2.54. The minimum atomic E-state index is 0.0474. The average molecular weight is 334 g/mol. The van der Waals surface area contributed by atoms with Crippen molar-refractivity contribution in [2.24, 2.45) is 0 Å². The molecule has 1 amide bonds. The standard InChI is InChI=1S/C20H22N4O/c1-15-6-3-4-8-18(15)22-12-13-23(16(2)14-22)20(25)19-9-5-7-17-10-11-21-24(17)19/h3-11,16H,12-14H2,1-2H3. The van der Waals surface area contributed by atoms with Gasteiger partial charge in [-0.15, -0.1) is 0 Å². The van der Waals surface area contributed by atoms with Crippen molar-refractivity contribution in [3.8, 4) is 0 Å². The molecule has 0 saturated carbocycles. The summed E-state index contributed by atoms with van der Waals surface area (Å²) < 4.78 is 1.72. The number of benzene rings is 1. The molecular weight excluding hydrogens is 312 g/mol. The maximum absolute atomic E-state index is 13.1. The van der Waals surface area contributed by atoms with Crippen molar-refractivity contribution in [1.29, 1.82) is 0 Å². The first kappa shape index (κ1) is 15.7. The predicted molar refractivity (Wildman–Crippen MR) is 99.1 cm³/mol. The first-order chi connectivity index (χ1) is 12.1. The van der Waals surface area contributed by atoms with Gasteiger partial charge in [0.15, 0.2) is 0 Å². The van der Waals surface area contributed by atoms with E-state index in [9.17, 15) is 4.79 Å². The van der Waals surface area contributed by atoms with Gasteiger partial charge in [-0.25, -0.2) is 4.52 Å². The molecule has 4 rings (SSSR count). The number of pyridine rings is 1. The Labute approximate surface area is 147 Å². The number of amides is 1. The molecule has 0 spiro atoms. The van der Waals surface area contributed by atoms with Crippen LogP contribution in [0.2, 0.25) is 0 Å². The topological polar surface area (TPSA) is 40.8 Å². The van der Waals surface area contributed by atoms with Gasteiger partial charge in [-0.05, 0) is 43.7 Å². The Morgan fingerprint density at radius 2 is 1.92 bits per heavy atom. The average Bonchev–Trinajstić information content (AvgIpc) is 3.10. The Kier molecular flexibility index (Phi) is 3.92. The number of rotatable bonds is 2. The SMILES string of the molecule is Cc1ccccc1N1CCN(C(=O)c2cccc3ccnn23)C(C)C1. The number of para-hydroxylation sites is 1. The number of hydrogen-bond acceptors (Lipinski definition) is 3. The van der Waals surface area contributed by atoms with Crippen LogP contribution in [0.25, 0.3) is 5.52 Å². The lowest BCUT2D eigenvalue weighted by atomic mass is 10.1. The van der Waals surface area contributed by atoms with Crippen LogP contribution in [0.3, 0.4) is 0 Å². The first-order valence-corrected chi connectivity index (χ1v) is 8.69. The number of aromatic nitrogens is 2. The highest BCUT2D eigenvalue weighted by atomic mass is 16.2. The van der Waals surface area contributed by atoms with Gasteiger partial charge in [0.1, 0.15) is 5.69 Å². The van der Waals surface area contributed by atoms with Crippen molar-refractivity contribution >= 4 is 17.1 Å². The van der Waals surface area contributed by atoms with Crippen LogP contribution >= 0.6 is 0 Å². The summed E-state index contributed by atoms with van der Waals surface area (Å²) in [5.74, 6) is 0.0474. The summed E-state index contributed by atoms with van der Waals surface area (Å²) in [6, 6.07) is 16.2. The Balaban J connectivity index is 1.56. The number of fused-ring (bicyclic) bond motifs is 1. The molecule has 5 nitrogen and oxygen atoms in total. The predicted octanol–water partition coefficient (Wildman–Crippen LogP) is 2.99. The maximum atomic E-state index is 13.1. The fourth-order valence-corrected chi connectivity index (χ4v) is 3.65. The van der Waals surface area contributed by atoms with Crippen molar-refractivity contribution in [3.05, 3.63) is 66.0 Å². The molecule has 0 radical (unpaired) electrons. The van der Waals surface area contributed by atoms with Gasteiger partial charge >= 0.3 is 0 Å². The van der Waals surface area contributed by atoms with Crippen LogP contribution < -0.4 is 4.90 Å². The second-order valence-corrected chi connectivity index (χ2v) is 6.66. The number of nitrogens with zero attached hydrogens (tertiary/aromatic N) is 4. The van der Waals surface area contributed by atoms with E-state index in [4.69, 9.17) is 0 Å². The maximum Gasteiger partial charge on any atom is 0.272 e. The van der Waals surface area contributed by atoms with E-state index in [1.165, 1.54) is 11.3 Å². The lowest BCUT2D eigenvalue weighted by molar-refractivity contribution is 0.0665. The molecular formula is C20H22N4O. The fraction of sp³-hybridized carbons (Fsp3) is 0.300. The van der Waals surface area contributed by atoms with Crippen molar-refractivity contribution in [2.75, 3.05) is 24.5 Å². The quantitative estimate of drug-likeness (QED) is 0.723. The zero-order chi connectivity index (χ0) is 17.4. The molecule has 1 aromatic carbocycles. The number of carbonyl (C=O) groups excluding carboxylic acids is 1. The molecule has 3 heterocycles. The summed E-state index contributed by atoms with van der Waals surface area (Å²) in [6.07, 6.45) is 1.73. The molecule has 5 heteroatoms. The van der Waals surface area contributed by atoms with Crippen LogP contribution in [0.15, 0.2) is 54.7 Å². The minimum Gasteiger partial charge on any atom is -0.367 e. The largest absolute Gasteiger partial charge is 0.367 e. The summed E-state index contributed by atoms with van der Waals surface area (Å²) in [6.45, 7) is 6.65. The molecule has 128 valence electrons. The first-order valence-electron chi connectivity index (χ1n) is 8.69. The van der Waals surface area contributed by atoms with Crippen LogP contribution in [-0.2, 0) is 0 Å². The summed E-state index contributed by atoms with van der Waals surface area (Å²) in [7, 11) is 0. The van der Waals surface area contributed by atoms with Crippen LogP contribution in [0.5, 0.6) is 0 Å². The monoisotopic (exact) mass is 334 g/mol. The summed E-state index contributed by atoms with van der Waals surface area (Å²) in [4.78, 5) is 17.4. The fourth-order valence-electron chi connectivity index (χ4n) is 3.65. The van der Waals surface area contributed by atoms with Gasteiger partial charge in [0.25, 0.3) is 5.91 Å². The zero-order valence-corrected chi connectivity index (χ0v) is 14.6. The molecule has 1 unspecified atom stereocenters. The Morgan fingerprint density at radius 1 is 1.08 bits per heavy atom. The van der Waals surface area contributed by atoms with E-state index in [1.54, 1.807) is 10.7 Å². The molecule has 25 heavy (non-hydrogen) atoms. The van der Waals surface area contributed by atoms with Gasteiger partial charge in [0, 0.05) is 31.4 Å². The van der Waals surface area contributed by atoms with Gasteiger partial charge in [-0.1, -0.05) is 24.3 Å². The van der Waals surface area contributed by atoms with Gasteiger partial charge in [-0.3, -0.25) is 4.79 Å². The van der Waals surface area contributed by atoms with E-state index in [2.05, 4.69) is 48.1 Å². The third kappa shape index (κ3) is 2.76. The van der Waals surface area contributed by atoms with E-state index >= 15 is 0 Å². The van der Waals surface area contributed by atoms with E-state index in [1.807, 2.05) is 29.2 Å². The molecule has 0 N–H and O–H groups in total. The van der Waals surface area contributed by atoms with Crippen LogP contribution in [0.4, 0.5) is 5.69 Å². The van der Waals surface area contributed by atoms with Crippen LogP contribution in [0, 0.1) is 6.92 Å². The minimum absolute atomic E-state index is 0.0474. The molecule has 1 aliphatic heterocycles. The lowest BCUT2D eigenvalue weighted by Gasteiger charge is -2.41. The number of carbonyl (C=O) groups is 1. The Bertz CT molecular complexity index is 917. The molecule has 1 saturated heterocycles. The second-order valence-electron chi connectivity index (χ2n) is 6.66. The Hall–Kier alpha value is -2.82. The van der Waals surface area contributed by atoms with Crippen molar-refractivity contribution in [3.63, 3.8) is 0 Å². The molecule has 0 bridgehead atoms. The molecule has 2 aromatic heterocycles. The van der Waals surface area contributed by atoms with E-state index in [0.29, 0.717) is 12.2 Å². The molecule has 3 aromatic rings. The third-order valence-corrected chi connectivity index (χ3v) is 4.98. The van der Waals surface area contributed by atoms with Crippen molar-refractivity contribution < 1.29 is 4.79 Å². The summed E-state index contributed by atoms with van der Waals surface area (Å²) in [5.41, 5.74) is 4.10. The number of piperazine rings is 1. The summed E-state index contributed by atoms with van der Waals surface area (Å²) in [5, 5.41) is 4.29. The molecule has 1 atom stereocenters. The number of hydrogen-bond donors (Lipinski definition) is 0. The third-order valence-electron chi connectivity index (χ3n) is 4.98. The molecule has 0 aliphatic carbocycles. The summed E-state index contributed by atoms with van der Waals surface area (Å²) >= 11 is 0. The highest BCUT2D eigenvalue weighted by Crippen LogP contribution is 2.23.